The number of hydrogen-bond donors (Lipinski definition) is 2. The van der Waals surface area contributed by atoms with Crippen molar-refractivity contribution < 1.29 is 8.42 Å². The van der Waals surface area contributed by atoms with Crippen LogP contribution in [0.2, 0.25) is 0 Å². The predicted molar refractivity (Wildman–Crippen MR) is 78.6 cm³/mol. The number of nitrogens with two attached hydrogens (primary N) is 1. The Morgan fingerprint density at radius 2 is 2.16 bits per heavy atom. The van der Waals surface area contributed by atoms with Gasteiger partial charge in [-0.1, -0.05) is 6.92 Å². The van der Waals surface area contributed by atoms with E-state index in [4.69, 9.17) is 5.73 Å². The molecule has 1 aromatic heterocycles. The fourth-order valence-corrected chi connectivity index (χ4v) is 2.66. The first-order valence-corrected chi connectivity index (χ1v) is 8.11. The third-order valence-electron chi connectivity index (χ3n) is 2.91. The first-order chi connectivity index (χ1) is 8.86. The van der Waals surface area contributed by atoms with Gasteiger partial charge < -0.3 is 11.1 Å². The lowest BCUT2D eigenvalue weighted by Crippen LogP contribution is -2.31. The van der Waals surface area contributed by atoms with Crippen LogP contribution in [0.25, 0.3) is 0 Å². The molecule has 1 heterocycles. The van der Waals surface area contributed by atoms with Crippen LogP contribution in [0.1, 0.15) is 18.9 Å². The standard InChI is InChI=1S/C12H22N4O2S/c1-4-16(19(3,17)18)9-5-7-14-12-11(13)10(2)6-8-15-12/h6,8H,4-5,7,9,13H2,1-3H3,(H,14,15). The van der Waals surface area contributed by atoms with Crippen molar-refractivity contribution in [3.63, 3.8) is 0 Å². The Labute approximate surface area is 115 Å². The van der Waals surface area contributed by atoms with Crippen molar-refractivity contribution in [1.29, 1.82) is 0 Å². The van der Waals surface area contributed by atoms with Crippen LogP contribution in [0.4, 0.5) is 11.5 Å². The minimum Gasteiger partial charge on any atom is -0.396 e. The average molecular weight is 286 g/mol. The third kappa shape index (κ3) is 4.68. The zero-order chi connectivity index (χ0) is 14.5. The van der Waals surface area contributed by atoms with E-state index in [9.17, 15) is 8.42 Å². The van der Waals surface area contributed by atoms with Crippen LogP contribution in [-0.2, 0) is 10.0 Å². The summed E-state index contributed by atoms with van der Waals surface area (Å²) in [6, 6.07) is 1.85. The van der Waals surface area contributed by atoms with Crippen LogP contribution in [0.5, 0.6) is 0 Å². The fraction of sp³-hybridized carbons (Fsp3) is 0.583. The Morgan fingerprint density at radius 1 is 1.47 bits per heavy atom. The zero-order valence-corrected chi connectivity index (χ0v) is 12.5. The predicted octanol–water partition coefficient (Wildman–Crippen LogP) is 1.06. The lowest BCUT2D eigenvalue weighted by molar-refractivity contribution is 0.428. The summed E-state index contributed by atoms with van der Waals surface area (Å²) in [5, 5.41) is 3.13. The average Bonchev–Trinajstić information content (AvgIpc) is 2.32. The summed E-state index contributed by atoms with van der Waals surface area (Å²) in [6.07, 6.45) is 3.63. The van der Waals surface area contributed by atoms with E-state index >= 15 is 0 Å². The van der Waals surface area contributed by atoms with Gasteiger partial charge in [0.2, 0.25) is 10.0 Å². The highest BCUT2D eigenvalue weighted by Gasteiger charge is 2.13. The van der Waals surface area contributed by atoms with Crippen molar-refractivity contribution in [3.05, 3.63) is 17.8 Å². The second-order valence-corrected chi connectivity index (χ2v) is 6.41. The van der Waals surface area contributed by atoms with Gasteiger partial charge in [0, 0.05) is 25.8 Å². The number of anilines is 2. The Balaban J connectivity index is 2.45. The molecule has 7 heteroatoms. The molecular weight excluding hydrogens is 264 g/mol. The van der Waals surface area contributed by atoms with Crippen molar-refractivity contribution in [2.45, 2.75) is 20.3 Å². The normalized spacial score (nSPS) is 11.8. The van der Waals surface area contributed by atoms with Crippen molar-refractivity contribution >= 4 is 21.5 Å². The molecule has 3 N–H and O–H groups in total. The van der Waals surface area contributed by atoms with Gasteiger partial charge in [0.25, 0.3) is 0 Å². The van der Waals surface area contributed by atoms with Gasteiger partial charge in [0.1, 0.15) is 5.82 Å². The monoisotopic (exact) mass is 286 g/mol. The van der Waals surface area contributed by atoms with Crippen LogP contribution in [0.3, 0.4) is 0 Å². The highest BCUT2D eigenvalue weighted by Crippen LogP contribution is 2.18. The second-order valence-electron chi connectivity index (χ2n) is 4.43. The third-order valence-corrected chi connectivity index (χ3v) is 4.29. The first kappa shape index (κ1) is 15.7. The van der Waals surface area contributed by atoms with E-state index in [-0.39, 0.29) is 0 Å². The maximum absolute atomic E-state index is 11.4. The molecule has 0 fully saturated rings. The van der Waals surface area contributed by atoms with Crippen LogP contribution in [0.15, 0.2) is 12.3 Å². The van der Waals surface area contributed by atoms with E-state index in [1.165, 1.54) is 10.6 Å². The number of nitrogens with one attached hydrogen (secondary N) is 1. The number of aryl methyl sites for hydroxylation is 1. The number of nitrogen functional groups attached to an aromatic ring is 1. The van der Waals surface area contributed by atoms with Crippen LogP contribution in [-0.4, -0.2) is 43.6 Å². The molecule has 0 amide bonds. The van der Waals surface area contributed by atoms with E-state index in [2.05, 4.69) is 10.3 Å². The number of sulfonamides is 1. The highest BCUT2D eigenvalue weighted by molar-refractivity contribution is 7.88. The smallest absolute Gasteiger partial charge is 0.211 e. The van der Waals surface area contributed by atoms with Gasteiger partial charge in [-0.2, -0.15) is 0 Å². The topological polar surface area (TPSA) is 88.3 Å². The largest absolute Gasteiger partial charge is 0.396 e. The molecule has 0 aliphatic heterocycles. The van der Waals surface area contributed by atoms with Crippen molar-refractivity contribution in [3.8, 4) is 0 Å². The summed E-state index contributed by atoms with van der Waals surface area (Å²) in [6.45, 7) is 5.36. The van der Waals surface area contributed by atoms with E-state index in [1.54, 1.807) is 6.20 Å². The van der Waals surface area contributed by atoms with Gasteiger partial charge in [-0.3, -0.25) is 0 Å². The molecule has 0 spiro atoms. The maximum Gasteiger partial charge on any atom is 0.211 e. The van der Waals surface area contributed by atoms with Crippen LogP contribution in [0, 0.1) is 6.92 Å². The molecular formula is C12H22N4O2S. The van der Waals surface area contributed by atoms with E-state index in [1.807, 2.05) is 19.9 Å². The quantitative estimate of drug-likeness (QED) is 0.732. The molecule has 0 saturated carbocycles. The summed E-state index contributed by atoms with van der Waals surface area (Å²) in [5.74, 6) is 0.655. The number of hydrogen-bond acceptors (Lipinski definition) is 5. The summed E-state index contributed by atoms with van der Waals surface area (Å²) < 4.78 is 24.2. The second kappa shape index (κ2) is 6.72. The van der Waals surface area contributed by atoms with Crippen molar-refractivity contribution in [2.75, 3.05) is 36.9 Å². The molecule has 108 valence electrons. The van der Waals surface area contributed by atoms with Crippen molar-refractivity contribution in [2.24, 2.45) is 0 Å². The van der Waals surface area contributed by atoms with Gasteiger partial charge in [-0.05, 0) is 25.0 Å². The first-order valence-electron chi connectivity index (χ1n) is 6.26. The Kier molecular flexibility index (Phi) is 5.56. The number of pyridine rings is 1. The van der Waals surface area contributed by atoms with Gasteiger partial charge in [0.05, 0.1) is 11.9 Å². The van der Waals surface area contributed by atoms with Crippen LogP contribution >= 0.6 is 0 Å². The van der Waals surface area contributed by atoms with E-state index in [0.29, 0.717) is 37.6 Å². The molecule has 0 radical (unpaired) electrons. The Morgan fingerprint density at radius 3 is 2.74 bits per heavy atom. The van der Waals surface area contributed by atoms with E-state index in [0.717, 1.165) is 5.56 Å². The molecule has 0 aromatic carbocycles. The minimum atomic E-state index is -3.11. The minimum absolute atomic E-state index is 0.490. The molecule has 19 heavy (non-hydrogen) atoms. The summed E-state index contributed by atoms with van der Waals surface area (Å²) >= 11 is 0. The molecule has 0 aliphatic rings. The Hall–Kier alpha value is -1.34. The summed E-state index contributed by atoms with van der Waals surface area (Å²) in [7, 11) is -3.11. The lowest BCUT2D eigenvalue weighted by Gasteiger charge is -2.18. The van der Waals surface area contributed by atoms with Gasteiger partial charge in [-0.25, -0.2) is 17.7 Å². The van der Waals surface area contributed by atoms with Gasteiger partial charge >= 0.3 is 0 Å². The summed E-state index contributed by atoms with van der Waals surface area (Å²) in [5.41, 5.74) is 7.50. The Bertz CT molecular complexity index is 516. The summed E-state index contributed by atoms with van der Waals surface area (Å²) in [4.78, 5) is 4.16. The molecule has 0 atom stereocenters. The molecule has 1 rings (SSSR count). The van der Waals surface area contributed by atoms with Gasteiger partial charge in [-0.15, -0.1) is 0 Å². The SMILES string of the molecule is CCN(CCCNc1nccc(C)c1N)S(C)(=O)=O. The maximum atomic E-state index is 11.4. The molecule has 6 nitrogen and oxygen atoms in total. The van der Waals surface area contributed by atoms with Crippen LogP contribution < -0.4 is 11.1 Å². The highest BCUT2D eigenvalue weighted by atomic mass is 32.2. The molecule has 0 aliphatic carbocycles. The zero-order valence-electron chi connectivity index (χ0n) is 11.7. The molecule has 1 aromatic rings. The number of nitrogens with zero attached hydrogens (tertiary/aromatic N) is 2. The number of rotatable bonds is 7. The molecule has 0 unspecified atom stereocenters. The number of aromatic nitrogens is 1. The van der Waals surface area contributed by atoms with Gasteiger partial charge in [0.15, 0.2) is 0 Å². The van der Waals surface area contributed by atoms with E-state index < -0.39 is 10.0 Å². The molecule has 0 saturated heterocycles. The fourth-order valence-electron chi connectivity index (χ4n) is 1.73. The van der Waals surface area contributed by atoms with Crippen molar-refractivity contribution in [1.82, 2.24) is 9.29 Å². The molecule has 0 bridgehead atoms. The lowest BCUT2D eigenvalue weighted by atomic mass is 10.2.